The zero-order valence-corrected chi connectivity index (χ0v) is 11.3. The largest absolute Gasteiger partial charge is 0.457 e. The van der Waals surface area contributed by atoms with E-state index in [-0.39, 0.29) is 5.82 Å². The van der Waals surface area contributed by atoms with Gasteiger partial charge in [-0.05, 0) is 42.8 Å². The van der Waals surface area contributed by atoms with Crippen molar-refractivity contribution in [2.75, 3.05) is 6.54 Å². The number of hydrogen-bond acceptors (Lipinski definition) is 2. The highest BCUT2D eigenvalue weighted by Crippen LogP contribution is 2.27. The van der Waals surface area contributed by atoms with Crippen LogP contribution < -0.4 is 10.5 Å². The van der Waals surface area contributed by atoms with Gasteiger partial charge in [0.05, 0.1) is 0 Å². The van der Waals surface area contributed by atoms with Gasteiger partial charge < -0.3 is 10.5 Å². The van der Waals surface area contributed by atoms with Gasteiger partial charge in [-0.15, -0.1) is 0 Å². The molecule has 0 saturated carbocycles. The molecule has 2 nitrogen and oxygen atoms in total. The van der Waals surface area contributed by atoms with Gasteiger partial charge in [-0.2, -0.15) is 0 Å². The SMILES string of the molecule is NCCc1ccc(Oc2cccc(F)c2)cc1Br. The third-order valence-electron chi connectivity index (χ3n) is 2.47. The number of halogens is 2. The molecule has 0 heterocycles. The molecule has 0 saturated heterocycles. The van der Waals surface area contributed by atoms with Crippen LogP contribution in [-0.2, 0) is 6.42 Å². The topological polar surface area (TPSA) is 35.2 Å². The smallest absolute Gasteiger partial charge is 0.130 e. The number of benzene rings is 2. The van der Waals surface area contributed by atoms with Gasteiger partial charge in [-0.25, -0.2) is 4.39 Å². The third kappa shape index (κ3) is 3.31. The van der Waals surface area contributed by atoms with Gasteiger partial charge in [0, 0.05) is 10.5 Å². The van der Waals surface area contributed by atoms with E-state index < -0.39 is 0 Å². The summed E-state index contributed by atoms with van der Waals surface area (Å²) >= 11 is 3.47. The first-order chi connectivity index (χ1) is 8.69. The van der Waals surface area contributed by atoms with Crippen LogP contribution in [0.2, 0.25) is 0 Å². The molecular formula is C14H13BrFNO. The minimum absolute atomic E-state index is 0.314. The third-order valence-corrected chi connectivity index (χ3v) is 3.21. The van der Waals surface area contributed by atoms with Crippen LogP contribution in [0.3, 0.4) is 0 Å². The molecule has 0 fully saturated rings. The fraction of sp³-hybridized carbons (Fsp3) is 0.143. The molecule has 0 aromatic heterocycles. The highest BCUT2D eigenvalue weighted by Gasteiger charge is 2.03. The Morgan fingerprint density at radius 1 is 1.11 bits per heavy atom. The van der Waals surface area contributed by atoms with Gasteiger partial charge in [0.25, 0.3) is 0 Å². The van der Waals surface area contributed by atoms with Crippen LogP contribution in [-0.4, -0.2) is 6.54 Å². The van der Waals surface area contributed by atoms with Crippen molar-refractivity contribution in [1.29, 1.82) is 0 Å². The second-order valence-corrected chi connectivity index (χ2v) is 4.71. The molecule has 0 atom stereocenters. The maximum absolute atomic E-state index is 13.0. The number of hydrogen-bond donors (Lipinski definition) is 1. The van der Waals surface area contributed by atoms with Crippen molar-refractivity contribution in [3.8, 4) is 11.5 Å². The lowest BCUT2D eigenvalue weighted by Gasteiger charge is -2.08. The lowest BCUT2D eigenvalue weighted by molar-refractivity contribution is 0.476. The van der Waals surface area contributed by atoms with E-state index in [1.807, 2.05) is 18.2 Å². The molecule has 0 spiro atoms. The number of ether oxygens (including phenoxy) is 1. The fourth-order valence-corrected chi connectivity index (χ4v) is 2.17. The zero-order valence-electron chi connectivity index (χ0n) is 9.70. The lowest BCUT2D eigenvalue weighted by atomic mass is 10.1. The molecule has 0 aliphatic heterocycles. The fourth-order valence-electron chi connectivity index (χ4n) is 1.62. The molecule has 0 bridgehead atoms. The van der Waals surface area contributed by atoms with Crippen molar-refractivity contribution in [2.45, 2.75) is 6.42 Å². The standard InChI is InChI=1S/C14H13BrFNO/c15-14-9-13(5-4-10(14)6-7-17)18-12-3-1-2-11(16)8-12/h1-5,8-9H,6-7,17H2. The lowest BCUT2D eigenvalue weighted by Crippen LogP contribution is -2.03. The van der Waals surface area contributed by atoms with E-state index in [0.29, 0.717) is 18.0 Å². The normalized spacial score (nSPS) is 10.4. The molecule has 2 aromatic carbocycles. The predicted octanol–water partition coefficient (Wildman–Crippen LogP) is 3.88. The molecule has 2 aromatic rings. The van der Waals surface area contributed by atoms with Crippen molar-refractivity contribution >= 4 is 15.9 Å². The second-order valence-electron chi connectivity index (χ2n) is 3.85. The molecule has 0 unspecified atom stereocenters. The molecule has 18 heavy (non-hydrogen) atoms. The van der Waals surface area contributed by atoms with Crippen LogP contribution in [0.1, 0.15) is 5.56 Å². The summed E-state index contributed by atoms with van der Waals surface area (Å²) in [5.41, 5.74) is 6.64. The molecule has 0 radical (unpaired) electrons. The Kier molecular flexibility index (Phi) is 4.33. The molecule has 94 valence electrons. The summed E-state index contributed by atoms with van der Waals surface area (Å²) in [5, 5.41) is 0. The van der Waals surface area contributed by atoms with Crippen LogP contribution in [0, 0.1) is 5.82 Å². The quantitative estimate of drug-likeness (QED) is 0.930. The first-order valence-electron chi connectivity index (χ1n) is 5.61. The van der Waals surface area contributed by atoms with Gasteiger partial charge in [-0.3, -0.25) is 0 Å². The van der Waals surface area contributed by atoms with Crippen molar-refractivity contribution in [3.05, 3.63) is 58.3 Å². The summed E-state index contributed by atoms with van der Waals surface area (Å²) < 4.78 is 19.5. The average molecular weight is 310 g/mol. The second kappa shape index (κ2) is 5.98. The van der Waals surface area contributed by atoms with Crippen LogP contribution in [0.25, 0.3) is 0 Å². The van der Waals surface area contributed by atoms with Crippen molar-refractivity contribution in [3.63, 3.8) is 0 Å². The van der Waals surface area contributed by atoms with Crippen molar-refractivity contribution in [1.82, 2.24) is 0 Å². The summed E-state index contributed by atoms with van der Waals surface area (Å²) in [6.45, 7) is 0.600. The number of nitrogens with two attached hydrogens (primary N) is 1. The molecule has 2 N–H and O–H groups in total. The Balaban J connectivity index is 2.17. The summed E-state index contributed by atoms with van der Waals surface area (Å²) in [6, 6.07) is 11.7. The summed E-state index contributed by atoms with van der Waals surface area (Å²) in [6.07, 6.45) is 0.806. The van der Waals surface area contributed by atoms with Gasteiger partial charge >= 0.3 is 0 Å². The van der Waals surface area contributed by atoms with Gasteiger partial charge in [-0.1, -0.05) is 28.1 Å². The Morgan fingerprint density at radius 2 is 1.89 bits per heavy atom. The Labute approximate surface area is 114 Å². The van der Waals surface area contributed by atoms with E-state index >= 15 is 0 Å². The minimum atomic E-state index is -0.314. The predicted molar refractivity (Wildman–Crippen MR) is 73.4 cm³/mol. The van der Waals surface area contributed by atoms with Crippen molar-refractivity contribution < 1.29 is 9.13 Å². The van der Waals surface area contributed by atoms with Crippen LogP contribution >= 0.6 is 15.9 Å². The Bertz CT molecular complexity index is 545. The average Bonchev–Trinajstić information content (AvgIpc) is 2.33. The van der Waals surface area contributed by atoms with Crippen molar-refractivity contribution in [2.24, 2.45) is 5.73 Å². The van der Waals surface area contributed by atoms with E-state index in [1.54, 1.807) is 12.1 Å². The molecule has 0 aliphatic carbocycles. The van der Waals surface area contributed by atoms with E-state index in [9.17, 15) is 4.39 Å². The zero-order chi connectivity index (χ0) is 13.0. The molecule has 4 heteroatoms. The molecule has 0 amide bonds. The molecule has 2 rings (SSSR count). The maximum Gasteiger partial charge on any atom is 0.130 e. The van der Waals surface area contributed by atoms with E-state index in [2.05, 4.69) is 15.9 Å². The summed E-state index contributed by atoms with van der Waals surface area (Å²) in [5.74, 6) is 0.827. The Hall–Kier alpha value is -1.39. The maximum atomic E-state index is 13.0. The minimum Gasteiger partial charge on any atom is -0.457 e. The van der Waals surface area contributed by atoms with Gasteiger partial charge in [0.2, 0.25) is 0 Å². The molecule has 0 aliphatic rings. The molecular weight excluding hydrogens is 297 g/mol. The monoisotopic (exact) mass is 309 g/mol. The Morgan fingerprint density at radius 3 is 2.56 bits per heavy atom. The van der Waals surface area contributed by atoms with Crippen LogP contribution in [0.5, 0.6) is 11.5 Å². The van der Waals surface area contributed by atoms with E-state index in [4.69, 9.17) is 10.5 Å². The van der Waals surface area contributed by atoms with E-state index in [1.165, 1.54) is 12.1 Å². The first kappa shape index (κ1) is 13.1. The van der Waals surface area contributed by atoms with E-state index in [0.717, 1.165) is 16.5 Å². The number of rotatable bonds is 4. The highest BCUT2D eigenvalue weighted by molar-refractivity contribution is 9.10. The summed E-state index contributed by atoms with van der Waals surface area (Å²) in [4.78, 5) is 0. The van der Waals surface area contributed by atoms with Crippen LogP contribution in [0.4, 0.5) is 4.39 Å². The van der Waals surface area contributed by atoms with Crippen LogP contribution in [0.15, 0.2) is 46.9 Å². The summed E-state index contributed by atoms with van der Waals surface area (Å²) in [7, 11) is 0. The highest BCUT2D eigenvalue weighted by atomic mass is 79.9. The first-order valence-corrected chi connectivity index (χ1v) is 6.40. The van der Waals surface area contributed by atoms with Gasteiger partial charge in [0.1, 0.15) is 17.3 Å². The van der Waals surface area contributed by atoms with Gasteiger partial charge in [0.15, 0.2) is 0 Å².